The van der Waals surface area contributed by atoms with E-state index < -0.39 is 0 Å². The third-order valence-electron chi connectivity index (χ3n) is 4.53. The van der Waals surface area contributed by atoms with Gasteiger partial charge in [0.2, 0.25) is 17.8 Å². The van der Waals surface area contributed by atoms with Crippen molar-refractivity contribution in [1.29, 1.82) is 0 Å². The van der Waals surface area contributed by atoms with E-state index >= 15 is 0 Å². The van der Waals surface area contributed by atoms with Crippen molar-refractivity contribution in [2.45, 2.75) is 19.8 Å². The number of nitrogens with one attached hydrogen (secondary N) is 2. The molecule has 0 radical (unpaired) electrons. The highest BCUT2D eigenvalue weighted by molar-refractivity contribution is 6.30. The fraction of sp³-hybridized carbons (Fsp3) is 0.286. The fourth-order valence-corrected chi connectivity index (χ4v) is 3.25. The molecule has 1 fully saturated rings. The molecule has 0 aliphatic carbocycles. The van der Waals surface area contributed by atoms with Gasteiger partial charge in [-0.2, -0.15) is 15.0 Å². The highest BCUT2D eigenvalue weighted by atomic mass is 35.5. The van der Waals surface area contributed by atoms with E-state index in [1.165, 1.54) is 0 Å². The van der Waals surface area contributed by atoms with Crippen molar-refractivity contribution in [2.24, 2.45) is 0 Å². The predicted octanol–water partition coefficient (Wildman–Crippen LogP) is 5.01. The normalized spacial score (nSPS) is 13.4. The lowest BCUT2D eigenvalue weighted by Crippen LogP contribution is -2.21. The quantitative estimate of drug-likeness (QED) is 0.566. The first-order valence-electron chi connectivity index (χ1n) is 9.73. The zero-order chi connectivity index (χ0) is 20.1. The summed E-state index contributed by atoms with van der Waals surface area (Å²) in [5.41, 5.74) is 1.74. The molecule has 2 aromatic carbocycles. The summed E-state index contributed by atoms with van der Waals surface area (Å²) in [5.74, 6) is 2.47. The maximum atomic E-state index is 5.98. The van der Waals surface area contributed by atoms with Crippen molar-refractivity contribution >= 4 is 40.8 Å². The van der Waals surface area contributed by atoms with Crippen LogP contribution in [0.15, 0.2) is 48.5 Å². The average molecular weight is 411 g/mol. The number of nitrogens with zero attached hydrogens (tertiary/aromatic N) is 4. The number of halogens is 1. The van der Waals surface area contributed by atoms with Crippen molar-refractivity contribution in [2.75, 3.05) is 35.2 Å². The first kappa shape index (κ1) is 19.3. The Labute approximate surface area is 175 Å². The highest BCUT2D eigenvalue weighted by Gasteiger charge is 2.17. The van der Waals surface area contributed by atoms with Crippen molar-refractivity contribution < 1.29 is 4.74 Å². The van der Waals surface area contributed by atoms with Crippen molar-refractivity contribution in [3.05, 3.63) is 53.6 Å². The van der Waals surface area contributed by atoms with E-state index in [1.54, 1.807) is 0 Å². The molecule has 8 heteroatoms. The number of ether oxygens (including phenoxy) is 1. The minimum atomic E-state index is 0.484. The summed E-state index contributed by atoms with van der Waals surface area (Å²) in [6, 6.07) is 15.1. The van der Waals surface area contributed by atoms with Crippen LogP contribution in [0.3, 0.4) is 0 Å². The molecular formula is C21H23ClN6O. The van der Waals surface area contributed by atoms with Crippen LogP contribution in [0.5, 0.6) is 5.75 Å². The summed E-state index contributed by atoms with van der Waals surface area (Å²) >= 11 is 5.98. The molecule has 0 amide bonds. The average Bonchev–Trinajstić information content (AvgIpc) is 3.26. The summed E-state index contributed by atoms with van der Waals surface area (Å²) in [5, 5.41) is 7.19. The Bertz CT molecular complexity index is 942. The number of hydrogen-bond acceptors (Lipinski definition) is 7. The molecule has 1 saturated heterocycles. The maximum Gasteiger partial charge on any atom is 0.233 e. The Kier molecular flexibility index (Phi) is 5.95. The zero-order valence-corrected chi connectivity index (χ0v) is 17.0. The molecular weight excluding hydrogens is 388 g/mol. The van der Waals surface area contributed by atoms with Gasteiger partial charge in [-0.1, -0.05) is 11.6 Å². The monoisotopic (exact) mass is 410 g/mol. The van der Waals surface area contributed by atoms with Crippen LogP contribution in [0.2, 0.25) is 5.02 Å². The van der Waals surface area contributed by atoms with E-state index in [0.717, 1.165) is 43.1 Å². The topological polar surface area (TPSA) is 75.2 Å². The number of hydrogen-bond donors (Lipinski definition) is 2. The van der Waals surface area contributed by atoms with Crippen molar-refractivity contribution in [3.63, 3.8) is 0 Å². The summed E-state index contributed by atoms with van der Waals surface area (Å²) in [7, 11) is 0. The maximum absolute atomic E-state index is 5.98. The Morgan fingerprint density at radius 1 is 0.862 bits per heavy atom. The molecule has 2 N–H and O–H groups in total. The van der Waals surface area contributed by atoms with Crippen LogP contribution in [0.1, 0.15) is 19.8 Å². The van der Waals surface area contributed by atoms with E-state index in [-0.39, 0.29) is 0 Å². The lowest BCUT2D eigenvalue weighted by atomic mass is 10.3. The van der Waals surface area contributed by atoms with Crippen LogP contribution in [-0.4, -0.2) is 34.6 Å². The van der Waals surface area contributed by atoms with E-state index in [2.05, 4.69) is 30.5 Å². The van der Waals surface area contributed by atoms with Gasteiger partial charge in [-0.15, -0.1) is 0 Å². The summed E-state index contributed by atoms with van der Waals surface area (Å²) < 4.78 is 5.50. The minimum Gasteiger partial charge on any atom is -0.494 e. The van der Waals surface area contributed by atoms with Gasteiger partial charge in [-0.3, -0.25) is 0 Å². The molecule has 0 atom stereocenters. The van der Waals surface area contributed by atoms with Crippen LogP contribution in [0, 0.1) is 0 Å². The molecule has 0 spiro atoms. The molecule has 1 aromatic heterocycles. The standard InChI is InChI=1S/C21H23ClN6O/c1-2-29-18-11-9-17(10-12-18)24-20-25-19(23-16-7-5-15(22)6-8-16)26-21(27-20)28-13-3-4-14-28/h5-12H,2-4,13-14H2,1H3,(H2,23,24,25,26,27). The first-order valence-corrected chi connectivity index (χ1v) is 10.1. The van der Waals surface area contributed by atoms with Gasteiger partial charge in [0, 0.05) is 29.5 Å². The van der Waals surface area contributed by atoms with Gasteiger partial charge in [0.25, 0.3) is 0 Å². The predicted molar refractivity (Wildman–Crippen MR) is 117 cm³/mol. The largest absolute Gasteiger partial charge is 0.494 e. The first-order chi connectivity index (χ1) is 14.2. The Balaban J connectivity index is 1.59. The smallest absolute Gasteiger partial charge is 0.233 e. The third kappa shape index (κ3) is 5.06. The van der Waals surface area contributed by atoms with Gasteiger partial charge >= 0.3 is 0 Å². The molecule has 29 heavy (non-hydrogen) atoms. The number of rotatable bonds is 7. The number of aromatic nitrogens is 3. The summed E-state index contributed by atoms with van der Waals surface area (Å²) in [4.78, 5) is 16.0. The molecule has 0 unspecified atom stereocenters. The molecule has 2 heterocycles. The van der Waals surface area contributed by atoms with Gasteiger partial charge in [-0.25, -0.2) is 0 Å². The second kappa shape index (κ2) is 8.96. The van der Waals surface area contributed by atoms with Crippen LogP contribution in [0.4, 0.5) is 29.2 Å². The van der Waals surface area contributed by atoms with Crippen LogP contribution in [-0.2, 0) is 0 Å². The Morgan fingerprint density at radius 3 is 1.97 bits per heavy atom. The SMILES string of the molecule is CCOc1ccc(Nc2nc(Nc3ccc(Cl)cc3)nc(N3CCCC3)n2)cc1. The van der Waals surface area contributed by atoms with Crippen LogP contribution in [0.25, 0.3) is 0 Å². The Hall–Kier alpha value is -3.06. The lowest BCUT2D eigenvalue weighted by Gasteiger charge is -2.17. The third-order valence-corrected chi connectivity index (χ3v) is 4.79. The minimum absolute atomic E-state index is 0.484. The van der Waals surface area contributed by atoms with E-state index in [4.69, 9.17) is 16.3 Å². The number of anilines is 5. The fourth-order valence-electron chi connectivity index (χ4n) is 3.13. The van der Waals surface area contributed by atoms with Gasteiger partial charge < -0.3 is 20.3 Å². The van der Waals surface area contributed by atoms with Gasteiger partial charge in [0.1, 0.15) is 5.75 Å². The Morgan fingerprint density at radius 2 is 1.41 bits per heavy atom. The van der Waals surface area contributed by atoms with Crippen molar-refractivity contribution in [3.8, 4) is 5.75 Å². The van der Waals surface area contributed by atoms with E-state index in [0.29, 0.717) is 29.5 Å². The molecule has 1 aliphatic heterocycles. The summed E-state index contributed by atoms with van der Waals surface area (Å²) in [6.45, 7) is 4.50. The summed E-state index contributed by atoms with van der Waals surface area (Å²) in [6.07, 6.45) is 2.29. The molecule has 4 rings (SSSR count). The molecule has 7 nitrogen and oxygen atoms in total. The van der Waals surface area contributed by atoms with Gasteiger partial charge in [0.15, 0.2) is 0 Å². The van der Waals surface area contributed by atoms with Crippen LogP contribution < -0.4 is 20.3 Å². The van der Waals surface area contributed by atoms with Crippen LogP contribution >= 0.6 is 11.6 Å². The van der Waals surface area contributed by atoms with Gasteiger partial charge in [-0.05, 0) is 68.3 Å². The van der Waals surface area contributed by atoms with E-state index in [9.17, 15) is 0 Å². The highest BCUT2D eigenvalue weighted by Crippen LogP contribution is 2.24. The van der Waals surface area contributed by atoms with Crippen molar-refractivity contribution in [1.82, 2.24) is 15.0 Å². The molecule has 0 bridgehead atoms. The van der Waals surface area contributed by atoms with E-state index in [1.807, 2.05) is 55.5 Å². The molecule has 1 aliphatic rings. The lowest BCUT2D eigenvalue weighted by molar-refractivity contribution is 0.340. The molecule has 0 saturated carbocycles. The number of benzene rings is 2. The van der Waals surface area contributed by atoms with Gasteiger partial charge in [0.05, 0.1) is 6.61 Å². The zero-order valence-electron chi connectivity index (χ0n) is 16.2. The second-order valence-electron chi connectivity index (χ2n) is 6.69. The molecule has 150 valence electrons. The second-order valence-corrected chi connectivity index (χ2v) is 7.13. The molecule has 3 aromatic rings.